The van der Waals surface area contributed by atoms with Crippen molar-refractivity contribution in [3.05, 3.63) is 60.2 Å². The molecular weight excluding hydrogens is 363 g/mol. The van der Waals surface area contributed by atoms with E-state index in [1.54, 1.807) is 23.5 Å². The van der Waals surface area contributed by atoms with Crippen molar-refractivity contribution in [1.82, 2.24) is 24.6 Å². The first kappa shape index (κ1) is 17.3. The van der Waals surface area contributed by atoms with E-state index in [1.165, 1.54) is 24.5 Å². The average Bonchev–Trinajstić information content (AvgIpc) is 3.07. The molecule has 0 saturated carbocycles. The normalized spacial score (nSPS) is 10.8. The van der Waals surface area contributed by atoms with Crippen molar-refractivity contribution < 1.29 is 9.18 Å². The van der Waals surface area contributed by atoms with Gasteiger partial charge >= 0.3 is 6.03 Å². The minimum absolute atomic E-state index is 0.0678. The van der Waals surface area contributed by atoms with E-state index < -0.39 is 11.8 Å². The maximum absolute atomic E-state index is 13.7. The quantitative estimate of drug-likeness (QED) is 0.504. The Morgan fingerprint density at radius 1 is 1.11 bits per heavy atom. The van der Waals surface area contributed by atoms with Gasteiger partial charge in [-0.05, 0) is 36.8 Å². The van der Waals surface area contributed by atoms with Crippen LogP contribution in [0.2, 0.25) is 0 Å². The van der Waals surface area contributed by atoms with Crippen LogP contribution in [-0.4, -0.2) is 30.6 Å². The van der Waals surface area contributed by atoms with Gasteiger partial charge in [0.1, 0.15) is 5.82 Å². The van der Waals surface area contributed by atoms with Crippen molar-refractivity contribution in [2.75, 3.05) is 16.4 Å². The highest BCUT2D eigenvalue weighted by Gasteiger charge is 2.11. The third kappa shape index (κ3) is 3.30. The van der Waals surface area contributed by atoms with E-state index in [0.29, 0.717) is 16.9 Å². The molecule has 0 spiro atoms. The number of nitrogens with zero attached hydrogens (tertiary/aromatic N) is 5. The van der Waals surface area contributed by atoms with Gasteiger partial charge in [-0.2, -0.15) is 0 Å². The van der Waals surface area contributed by atoms with Crippen LogP contribution in [0.1, 0.15) is 5.56 Å². The van der Waals surface area contributed by atoms with Crippen molar-refractivity contribution in [3.63, 3.8) is 0 Å². The van der Waals surface area contributed by atoms with Gasteiger partial charge < -0.3 is 11.1 Å². The van der Waals surface area contributed by atoms with Crippen molar-refractivity contribution >= 4 is 29.3 Å². The highest BCUT2D eigenvalue weighted by atomic mass is 19.1. The highest BCUT2D eigenvalue weighted by molar-refractivity contribution is 5.98. The number of hydrogen-bond donors (Lipinski definition) is 3. The molecule has 0 aliphatic heterocycles. The Kier molecular flexibility index (Phi) is 4.28. The van der Waals surface area contributed by atoms with E-state index in [1.807, 2.05) is 12.1 Å². The number of carbonyl (C=O) groups is 1. The first-order chi connectivity index (χ1) is 13.5. The Morgan fingerprint density at radius 2 is 1.89 bits per heavy atom. The Bertz CT molecular complexity index is 1170. The molecule has 4 aromatic rings. The molecule has 4 rings (SSSR count). The molecule has 2 amide bonds. The molecule has 0 saturated heterocycles. The first-order valence-electron chi connectivity index (χ1n) is 8.27. The van der Waals surface area contributed by atoms with Gasteiger partial charge in [0.2, 0.25) is 11.9 Å². The second-order valence-corrected chi connectivity index (χ2v) is 6.02. The lowest BCUT2D eigenvalue weighted by Crippen LogP contribution is -2.21. The average molecular weight is 378 g/mol. The minimum Gasteiger partial charge on any atom is -0.368 e. The summed E-state index contributed by atoms with van der Waals surface area (Å²) in [6.07, 6.45) is 3.06. The van der Waals surface area contributed by atoms with E-state index >= 15 is 0 Å². The van der Waals surface area contributed by atoms with Crippen LogP contribution >= 0.6 is 0 Å². The third-order valence-corrected chi connectivity index (χ3v) is 4.00. The number of aromatic nitrogens is 5. The highest BCUT2D eigenvalue weighted by Crippen LogP contribution is 2.21. The summed E-state index contributed by atoms with van der Waals surface area (Å²) in [5.74, 6) is -0.220. The predicted octanol–water partition coefficient (Wildman–Crippen LogP) is 2.86. The minimum atomic E-state index is -0.651. The molecule has 3 aromatic heterocycles. The van der Waals surface area contributed by atoms with Gasteiger partial charge in [0.05, 0.1) is 11.4 Å². The monoisotopic (exact) mass is 378 g/mol. The SMILES string of the molecule is Cc1ccc(F)c(NC(=O)Nc2ncc(-c3cccc4nnc(N)n34)cn2)c1. The zero-order chi connectivity index (χ0) is 19.7. The van der Waals surface area contributed by atoms with Crippen LogP contribution in [0.15, 0.2) is 48.8 Å². The van der Waals surface area contributed by atoms with E-state index in [2.05, 4.69) is 30.8 Å². The molecule has 0 aliphatic carbocycles. The van der Waals surface area contributed by atoms with Crippen molar-refractivity contribution in [2.45, 2.75) is 6.92 Å². The molecule has 10 heteroatoms. The maximum Gasteiger partial charge on any atom is 0.326 e. The molecule has 0 bridgehead atoms. The zero-order valence-corrected chi connectivity index (χ0v) is 14.7. The zero-order valence-electron chi connectivity index (χ0n) is 14.7. The van der Waals surface area contributed by atoms with Crippen LogP contribution in [0.4, 0.5) is 26.8 Å². The van der Waals surface area contributed by atoms with Crippen molar-refractivity contribution in [2.24, 2.45) is 0 Å². The Hall–Kier alpha value is -4.08. The summed E-state index contributed by atoms with van der Waals surface area (Å²) in [7, 11) is 0. The van der Waals surface area contributed by atoms with Gasteiger partial charge in [-0.1, -0.05) is 12.1 Å². The number of pyridine rings is 1. The van der Waals surface area contributed by atoms with Crippen LogP contribution in [0.5, 0.6) is 0 Å². The summed E-state index contributed by atoms with van der Waals surface area (Å²) in [5, 5.41) is 12.7. The maximum atomic E-state index is 13.7. The summed E-state index contributed by atoms with van der Waals surface area (Å²) in [4.78, 5) is 20.3. The number of hydrogen-bond acceptors (Lipinski definition) is 6. The lowest BCUT2D eigenvalue weighted by Gasteiger charge is -2.09. The van der Waals surface area contributed by atoms with Gasteiger partial charge in [-0.3, -0.25) is 9.72 Å². The molecule has 28 heavy (non-hydrogen) atoms. The van der Waals surface area contributed by atoms with Gasteiger partial charge in [0, 0.05) is 18.0 Å². The molecule has 0 radical (unpaired) electrons. The topological polar surface area (TPSA) is 123 Å². The summed E-state index contributed by atoms with van der Waals surface area (Å²) in [5.41, 5.74) is 8.71. The molecule has 0 fully saturated rings. The number of aryl methyl sites for hydroxylation is 1. The molecule has 4 N–H and O–H groups in total. The van der Waals surface area contributed by atoms with Gasteiger partial charge in [-0.15, -0.1) is 10.2 Å². The van der Waals surface area contributed by atoms with Crippen molar-refractivity contribution in [1.29, 1.82) is 0 Å². The summed E-state index contributed by atoms with van der Waals surface area (Å²) in [6.45, 7) is 1.80. The second kappa shape index (κ2) is 6.91. The van der Waals surface area contributed by atoms with Crippen LogP contribution < -0.4 is 16.4 Å². The Balaban J connectivity index is 1.52. The number of rotatable bonds is 3. The molecule has 140 valence electrons. The van der Waals surface area contributed by atoms with Crippen LogP contribution in [-0.2, 0) is 0 Å². The molecule has 9 nitrogen and oxygen atoms in total. The van der Waals surface area contributed by atoms with Crippen LogP contribution in [0, 0.1) is 12.7 Å². The number of carbonyl (C=O) groups excluding carboxylic acids is 1. The molecular formula is C18H15FN8O. The summed E-state index contributed by atoms with van der Waals surface area (Å²) < 4.78 is 15.4. The lowest BCUT2D eigenvalue weighted by atomic mass is 10.2. The molecule has 0 aliphatic rings. The molecule has 0 unspecified atom stereocenters. The smallest absolute Gasteiger partial charge is 0.326 e. The van der Waals surface area contributed by atoms with E-state index in [0.717, 1.165) is 5.56 Å². The van der Waals surface area contributed by atoms with Crippen LogP contribution in [0.3, 0.4) is 0 Å². The van der Waals surface area contributed by atoms with Crippen molar-refractivity contribution in [3.8, 4) is 11.3 Å². The lowest BCUT2D eigenvalue weighted by molar-refractivity contribution is 0.262. The number of benzene rings is 1. The van der Waals surface area contributed by atoms with Crippen LogP contribution in [0.25, 0.3) is 16.9 Å². The van der Waals surface area contributed by atoms with Gasteiger partial charge in [-0.25, -0.2) is 19.2 Å². The predicted molar refractivity (Wildman–Crippen MR) is 102 cm³/mol. The summed E-state index contributed by atoms with van der Waals surface area (Å²) >= 11 is 0. The van der Waals surface area contributed by atoms with E-state index in [9.17, 15) is 9.18 Å². The molecule has 0 atom stereocenters. The number of amides is 2. The number of fused-ring (bicyclic) bond motifs is 1. The van der Waals surface area contributed by atoms with Gasteiger partial charge in [0.15, 0.2) is 5.65 Å². The molecule has 1 aromatic carbocycles. The standard InChI is InChI=1S/C18H15FN8O/c1-10-5-6-12(19)13(7-10)23-18(28)24-17-21-8-11(9-22-17)14-3-2-4-15-25-26-16(20)27(14)15/h2-9H,1H3,(H2,20,26)(H2,21,22,23,24,28). The Labute approximate surface area is 158 Å². The summed E-state index contributed by atoms with van der Waals surface area (Å²) in [6, 6.07) is 9.20. The molecule has 3 heterocycles. The fourth-order valence-electron chi connectivity index (χ4n) is 2.70. The number of anilines is 3. The Morgan fingerprint density at radius 3 is 2.68 bits per heavy atom. The van der Waals surface area contributed by atoms with Gasteiger partial charge in [0.25, 0.3) is 0 Å². The fraction of sp³-hybridized carbons (Fsp3) is 0.0556. The number of halogens is 1. The fourth-order valence-corrected chi connectivity index (χ4v) is 2.70. The third-order valence-electron chi connectivity index (χ3n) is 4.00. The van der Waals surface area contributed by atoms with E-state index in [-0.39, 0.29) is 17.6 Å². The number of nitrogen functional groups attached to an aromatic ring is 1. The van der Waals surface area contributed by atoms with E-state index in [4.69, 9.17) is 5.73 Å². The largest absolute Gasteiger partial charge is 0.368 e. The second-order valence-electron chi connectivity index (χ2n) is 6.02. The number of urea groups is 1. The first-order valence-corrected chi connectivity index (χ1v) is 8.27. The number of nitrogens with one attached hydrogen (secondary N) is 2. The number of nitrogens with two attached hydrogens (primary N) is 1.